The molecule has 0 radical (unpaired) electrons. The number of methoxy groups -OCH3 is 1. The molecule has 3 atom stereocenters. The zero-order chi connectivity index (χ0) is 15.3. The second kappa shape index (κ2) is 7.91. The van der Waals surface area contributed by atoms with Crippen LogP contribution < -0.4 is 5.32 Å². The Labute approximate surface area is 130 Å². The van der Waals surface area contributed by atoms with Crippen LogP contribution >= 0.6 is 0 Å². The van der Waals surface area contributed by atoms with E-state index in [-0.39, 0.29) is 12.1 Å². The molecule has 2 rings (SSSR count). The number of ether oxygens (including phenoxy) is 1. The number of rotatable bonds is 9. The van der Waals surface area contributed by atoms with Crippen molar-refractivity contribution in [2.24, 2.45) is 5.92 Å². The summed E-state index contributed by atoms with van der Waals surface area (Å²) in [7, 11) is 1.83. The minimum absolute atomic E-state index is 0.0767. The lowest BCUT2D eigenvalue weighted by molar-refractivity contribution is -0.00544. The molecule has 2 aliphatic rings. The fourth-order valence-corrected chi connectivity index (χ4v) is 3.38. The van der Waals surface area contributed by atoms with Crippen molar-refractivity contribution in [3.05, 3.63) is 0 Å². The van der Waals surface area contributed by atoms with Crippen molar-refractivity contribution in [2.75, 3.05) is 33.4 Å². The summed E-state index contributed by atoms with van der Waals surface area (Å²) in [5.74, 6) is 0.687. The minimum atomic E-state index is -0.0767. The first-order valence-electron chi connectivity index (χ1n) is 8.70. The predicted molar refractivity (Wildman–Crippen MR) is 86.5 cm³/mol. The van der Waals surface area contributed by atoms with Crippen LogP contribution in [0.3, 0.4) is 0 Å². The maximum atomic E-state index is 9.62. The number of hydrogen-bond donors (Lipinski definition) is 2. The Hall–Kier alpha value is -0.160. The van der Waals surface area contributed by atoms with Crippen molar-refractivity contribution in [1.82, 2.24) is 10.2 Å². The van der Waals surface area contributed by atoms with Crippen molar-refractivity contribution >= 4 is 0 Å². The highest BCUT2D eigenvalue weighted by Gasteiger charge is 2.31. The quantitative estimate of drug-likeness (QED) is 0.639. The number of nitrogens with one attached hydrogen (secondary N) is 1. The van der Waals surface area contributed by atoms with Gasteiger partial charge in [-0.25, -0.2) is 0 Å². The Bertz CT molecular complexity index is 309. The standard InChI is InChI=1S/C17H34N2O2/c1-14-8-11-19(12-16(14)21-3)10-5-4-9-17(2,13-20)18-15-6-7-15/h14-16,18,20H,4-13H2,1-3H3. The fraction of sp³-hybridized carbons (Fsp3) is 1.00. The van der Waals surface area contributed by atoms with E-state index < -0.39 is 0 Å². The fourth-order valence-electron chi connectivity index (χ4n) is 3.38. The molecule has 1 saturated carbocycles. The molecule has 4 heteroatoms. The number of likely N-dealkylation sites (tertiary alicyclic amines) is 1. The van der Waals surface area contributed by atoms with E-state index in [1.54, 1.807) is 0 Å². The third kappa shape index (κ3) is 5.51. The molecule has 1 heterocycles. The van der Waals surface area contributed by atoms with Crippen molar-refractivity contribution in [1.29, 1.82) is 0 Å². The Kier molecular flexibility index (Phi) is 6.48. The van der Waals surface area contributed by atoms with Gasteiger partial charge in [-0.05, 0) is 58.0 Å². The molecule has 2 N–H and O–H groups in total. The summed E-state index contributed by atoms with van der Waals surface area (Å²) in [6.45, 7) is 8.15. The zero-order valence-corrected chi connectivity index (χ0v) is 14.1. The molecule has 1 saturated heterocycles. The third-order valence-electron chi connectivity index (χ3n) is 5.21. The van der Waals surface area contributed by atoms with E-state index in [2.05, 4.69) is 24.1 Å². The molecule has 2 fully saturated rings. The number of aliphatic hydroxyl groups is 1. The topological polar surface area (TPSA) is 44.7 Å². The van der Waals surface area contributed by atoms with Gasteiger partial charge in [0.15, 0.2) is 0 Å². The van der Waals surface area contributed by atoms with E-state index in [0.29, 0.717) is 18.1 Å². The lowest BCUT2D eigenvalue weighted by Crippen LogP contribution is -2.47. The van der Waals surface area contributed by atoms with Gasteiger partial charge in [-0.3, -0.25) is 0 Å². The number of aliphatic hydroxyl groups excluding tert-OH is 1. The normalized spacial score (nSPS) is 30.3. The van der Waals surface area contributed by atoms with Crippen LogP contribution in [0.1, 0.15) is 52.4 Å². The van der Waals surface area contributed by atoms with Crippen LogP contribution in [0, 0.1) is 5.92 Å². The van der Waals surface area contributed by atoms with Crippen LogP contribution in [0.2, 0.25) is 0 Å². The van der Waals surface area contributed by atoms with Gasteiger partial charge in [0.25, 0.3) is 0 Å². The van der Waals surface area contributed by atoms with Gasteiger partial charge in [0.2, 0.25) is 0 Å². The van der Waals surface area contributed by atoms with Crippen molar-refractivity contribution in [3.8, 4) is 0 Å². The molecular formula is C17H34N2O2. The van der Waals surface area contributed by atoms with Crippen LogP contribution in [0.4, 0.5) is 0 Å². The van der Waals surface area contributed by atoms with Crippen LogP contribution in [-0.4, -0.2) is 61.0 Å². The lowest BCUT2D eigenvalue weighted by atomic mass is 9.94. The summed E-state index contributed by atoms with van der Waals surface area (Å²) in [5.41, 5.74) is -0.0767. The van der Waals surface area contributed by atoms with Crippen LogP contribution in [-0.2, 0) is 4.74 Å². The van der Waals surface area contributed by atoms with E-state index in [9.17, 15) is 5.11 Å². The van der Waals surface area contributed by atoms with E-state index in [1.807, 2.05) is 7.11 Å². The molecule has 1 aliphatic carbocycles. The Morgan fingerprint density at radius 2 is 2.05 bits per heavy atom. The van der Waals surface area contributed by atoms with E-state index >= 15 is 0 Å². The second-order valence-corrected chi connectivity index (χ2v) is 7.44. The summed E-state index contributed by atoms with van der Waals surface area (Å²) in [6, 6.07) is 0.660. The second-order valence-electron chi connectivity index (χ2n) is 7.44. The monoisotopic (exact) mass is 298 g/mol. The Morgan fingerprint density at radius 3 is 2.67 bits per heavy atom. The maximum absolute atomic E-state index is 9.62. The number of hydrogen-bond acceptors (Lipinski definition) is 4. The predicted octanol–water partition coefficient (Wildman–Crippen LogP) is 2.02. The van der Waals surface area contributed by atoms with Gasteiger partial charge in [0, 0.05) is 25.2 Å². The molecule has 0 aromatic carbocycles. The maximum Gasteiger partial charge on any atom is 0.0724 e. The van der Waals surface area contributed by atoms with E-state index in [1.165, 1.54) is 38.6 Å². The number of nitrogens with zero attached hydrogens (tertiary/aromatic N) is 1. The largest absolute Gasteiger partial charge is 0.394 e. The average molecular weight is 298 g/mol. The summed E-state index contributed by atoms with van der Waals surface area (Å²) in [4.78, 5) is 2.54. The third-order valence-corrected chi connectivity index (χ3v) is 5.21. The smallest absolute Gasteiger partial charge is 0.0724 e. The highest BCUT2D eigenvalue weighted by molar-refractivity contribution is 4.92. The van der Waals surface area contributed by atoms with Gasteiger partial charge in [0.1, 0.15) is 0 Å². The summed E-state index contributed by atoms with van der Waals surface area (Å²) >= 11 is 0. The molecule has 21 heavy (non-hydrogen) atoms. The number of unbranched alkanes of at least 4 members (excludes halogenated alkanes) is 1. The van der Waals surface area contributed by atoms with E-state index in [0.717, 1.165) is 19.5 Å². The molecule has 0 aromatic rings. The van der Waals surface area contributed by atoms with Gasteiger partial charge in [-0.15, -0.1) is 0 Å². The van der Waals surface area contributed by atoms with Gasteiger partial charge < -0.3 is 20.1 Å². The van der Waals surface area contributed by atoms with Crippen molar-refractivity contribution < 1.29 is 9.84 Å². The van der Waals surface area contributed by atoms with Crippen molar-refractivity contribution in [3.63, 3.8) is 0 Å². The summed E-state index contributed by atoms with van der Waals surface area (Å²) in [6.07, 6.45) is 7.67. The molecule has 124 valence electrons. The highest BCUT2D eigenvalue weighted by Crippen LogP contribution is 2.25. The first-order chi connectivity index (χ1) is 10.1. The van der Waals surface area contributed by atoms with Gasteiger partial charge in [-0.1, -0.05) is 13.3 Å². The molecule has 0 spiro atoms. The highest BCUT2D eigenvalue weighted by atomic mass is 16.5. The van der Waals surface area contributed by atoms with Crippen LogP contribution in [0.25, 0.3) is 0 Å². The minimum Gasteiger partial charge on any atom is -0.394 e. The summed E-state index contributed by atoms with van der Waals surface area (Å²) < 4.78 is 5.58. The molecule has 0 amide bonds. The van der Waals surface area contributed by atoms with Crippen LogP contribution in [0.15, 0.2) is 0 Å². The van der Waals surface area contributed by atoms with Crippen molar-refractivity contribution in [2.45, 2.75) is 70.1 Å². The number of piperidine rings is 1. The van der Waals surface area contributed by atoms with Crippen LogP contribution in [0.5, 0.6) is 0 Å². The van der Waals surface area contributed by atoms with E-state index in [4.69, 9.17) is 4.74 Å². The molecule has 4 nitrogen and oxygen atoms in total. The molecular weight excluding hydrogens is 264 g/mol. The first kappa shape index (κ1) is 17.2. The molecule has 0 bridgehead atoms. The molecule has 3 unspecified atom stereocenters. The van der Waals surface area contributed by atoms with Gasteiger partial charge in [-0.2, -0.15) is 0 Å². The SMILES string of the molecule is COC1CN(CCCCC(C)(CO)NC2CC2)CCC1C. The van der Waals surface area contributed by atoms with Gasteiger partial charge >= 0.3 is 0 Å². The average Bonchev–Trinajstić information content (AvgIpc) is 3.29. The summed E-state index contributed by atoms with van der Waals surface area (Å²) in [5, 5.41) is 13.2. The Morgan fingerprint density at radius 1 is 1.29 bits per heavy atom. The Balaban J connectivity index is 1.62. The first-order valence-corrected chi connectivity index (χ1v) is 8.70. The van der Waals surface area contributed by atoms with Gasteiger partial charge in [0.05, 0.1) is 12.7 Å². The molecule has 0 aromatic heterocycles. The zero-order valence-electron chi connectivity index (χ0n) is 14.1. The molecule has 1 aliphatic heterocycles. The lowest BCUT2D eigenvalue weighted by Gasteiger charge is -2.36.